The standard InChI is InChI=1S/C31H28N2O4Se2/c34-28(21-32-33(23-13-5-1-6-14-23)24-15-7-2-8-16-24)37-30-29(35)27(22-38-25-17-9-3-10-18-25)36-31(30)39-26-19-11-4-12-20-26/h1-21,27,29-31,35H,22H2/b32-21+/t27-,29+,30-,31+/m0/s1. The number of carbonyl (C=O) groups is 1. The molecule has 4 aromatic carbocycles. The molecule has 0 unspecified atom stereocenters. The van der Waals surface area contributed by atoms with E-state index in [2.05, 4.69) is 17.2 Å². The summed E-state index contributed by atoms with van der Waals surface area (Å²) in [7, 11) is 0. The molecule has 1 fully saturated rings. The fraction of sp³-hybridized carbons (Fsp3) is 0.161. The van der Waals surface area contributed by atoms with Crippen LogP contribution in [0.4, 0.5) is 11.4 Å². The molecule has 0 aliphatic carbocycles. The van der Waals surface area contributed by atoms with E-state index in [0.29, 0.717) is 5.32 Å². The van der Waals surface area contributed by atoms with Crippen molar-refractivity contribution in [3.63, 3.8) is 0 Å². The fourth-order valence-corrected chi connectivity index (χ4v) is 8.51. The maximum atomic E-state index is 13.0. The molecule has 1 saturated heterocycles. The van der Waals surface area contributed by atoms with Gasteiger partial charge in [-0.2, -0.15) is 0 Å². The number of esters is 1. The molecule has 0 bridgehead atoms. The molecule has 1 N–H and O–H groups in total. The Bertz CT molecular complexity index is 1300. The average molecular weight is 650 g/mol. The molecule has 39 heavy (non-hydrogen) atoms. The maximum absolute atomic E-state index is 13.0. The van der Waals surface area contributed by atoms with E-state index >= 15 is 0 Å². The van der Waals surface area contributed by atoms with E-state index in [1.165, 1.54) is 10.7 Å². The Balaban J connectivity index is 1.31. The monoisotopic (exact) mass is 652 g/mol. The number of ether oxygens (including phenoxy) is 2. The van der Waals surface area contributed by atoms with Crippen LogP contribution in [-0.4, -0.2) is 70.5 Å². The van der Waals surface area contributed by atoms with Crippen molar-refractivity contribution in [3.8, 4) is 0 Å². The van der Waals surface area contributed by atoms with Crippen molar-refractivity contribution < 1.29 is 19.4 Å². The van der Waals surface area contributed by atoms with Gasteiger partial charge in [0.25, 0.3) is 0 Å². The van der Waals surface area contributed by atoms with Gasteiger partial charge < -0.3 is 0 Å². The number of hydrogen-bond acceptors (Lipinski definition) is 6. The van der Waals surface area contributed by atoms with Crippen LogP contribution >= 0.6 is 0 Å². The van der Waals surface area contributed by atoms with Gasteiger partial charge in [0.2, 0.25) is 0 Å². The van der Waals surface area contributed by atoms with Crippen LogP contribution < -0.4 is 13.9 Å². The summed E-state index contributed by atoms with van der Waals surface area (Å²) in [6.45, 7) is 0. The Kier molecular flexibility index (Phi) is 9.62. The molecule has 5 rings (SSSR count). The first-order chi connectivity index (χ1) is 19.2. The first kappa shape index (κ1) is 27.3. The number of anilines is 2. The van der Waals surface area contributed by atoms with Crippen LogP contribution in [0.25, 0.3) is 0 Å². The van der Waals surface area contributed by atoms with Crippen molar-refractivity contribution in [1.82, 2.24) is 0 Å². The zero-order chi connectivity index (χ0) is 26.9. The van der Waals surface area contributed by atoms with Crippen molar-refractivity contribution in [3.05, 3.63) is 121 Å². The number of aliphatic hydroxyl groups excluding tert-OH is 1. The topological polar surface area (TPSA) is 71.4 Å². The van der Waals surface area contributed by atoms with Gasteiger partial charge in [-0.15, -0.1) is 0 Å². The number of para-hydroxylation sites is 2. The molecule has 8 heteroatoms. The zero-order valence-electron chi connectivity index (χ0n) is 21.0. The summed E-state index contributed by atoms with van der Waals surface area (Å²) in [6.07, 6.45) is -0.924. The van der Waals surface area contributed by atoms with Gasteiger partial charge in [0.15, 0.2) is 0 Å². The Morgan fingerprint density at radius 1 is 0.821 bits per heavy atom. The van der Waals surface area contributed by atoms with Crippen LogP contribution in [0.15, 0.2) is 126 Å². The summed E-state index contributed by atoms with van der Waals surface area (Å²) in [5, 5.41) is 17.6. The van der Waals surface area contributed by atoms with Crippen molar-refractivity contribution in [2.45, 2.75) is 28.6 Å². The number of hydrazone groups is 1. The second-order valence-corrected chi connectivity index (χ2v) is 13.5. The number of carbonyl (C=O) groups excluding carboxylic acids is 1. The molecule has 6 nitrogen and oxygen atoms in total. The number of nitrogens with zero attached hydrogens (tertiary/aromatic N) is 2. The van der Waals surface area contributed by atoms with E-state index in [9.17, 15) is 9.90 Å². The van der Waals surface area contributed by atoms with Crippen LogP contribution in [0.5, 0.6) is 0 Å². The molecule has 0 saturated carbocycles. The van der Waals surface area contributed by atoms with Crippen molar-refractivity contribution in [1.29, 1.82) is 0 Å². The van der Waals surface area contributed by atoms with E-state index in [1.54, 1.807) is 5.01 Å². The predicted molar refractivity (Wildman–Crippen MR) is 157 cm³/mol. The summed E-state index contributed by atoms with van der Waals surface area (Å²) in [4.78, 5) is 13.0. The molecule has 4 aromatic rings. The number of benzene rings is 4. The molecule has 1 aliphatic heterocycles. The third-order valence-electron chi connectivity index (χ3n) is 5.98. The van der Waals surface area contributed by atoms with Gasteiger partial charge in [0.05, 0.1) is 0 Å². The molecule has 198 valence electrons. The molecule has 0 aromatic heterocycles. The molecule has 4 atom stereocenters. The number of hydrogen-bond donors (Lipinski definition) is 1. The summed E-state index contributed by atoms with van der Waals surface area (Å²) in [5.74, 6) is -0.623. The Morgan fingerprint density at radius 2 is 1.33 bits per heavy atom. The van der Waals surface area contributed by atoms with Gasteiger partial charge in [-0.05, 0) is 0 Å². The van der Waals surface area contributed by atoms with Gasteiger partial charge in [-0.3, -0.25) is 0 Å². The quantitative estimate of drug-likeness (QED) is 0.124. The van der Waals surface area contributed by atoms with Gasteiger partial charge in [-0.25, -0.2) is 0 Å². The molecule has 0 amide bonds. The number of aliphatic hydroxyl groups is 1. The fourth-order valence-electron chi connectivity index (χ4n) is 4.08. The SMILES string of the molecule is O=C(/C=N/N(c1ccccc1)c1ccccc1)O[C@H]1[C@H](O)[C@H](C[Se]c2ccccc2)O[C@@H]1[Se]c1ccccc1. The molecular formula is C31H28N2O4Se2. The second kappa shape index (κ2) is 13.7. The van der Waals surface area contributed by atoms with Crippen LogP contribution in [0.1, 0.15) is 0 Å². The van der Waals surface area contributed by atoms with E-state index in [-0.39, 0.29) is 29.9 Å². The van der Waals surface area contributed by atoms with Crippen molar-refractivity contribution in [2.24, 2.45) is 5.10 Å². The molecular weight excluding hydrogens is 622 g/mol. The van der Waals surface area contributed by atoms with Gasteiger partial charge >= 0.3 is 242 Å². The molecule has 1 aliphatic rings. The predicted octanol–water partition coefficient (Wildman–Crippen LogP) is 3.29. The Hall–Kier alpha value is -3.22. The van der Waals surface area contributed by atoms with Crippen molar-refractivity contribution >= 4 is 62.4 Å². The van der Waals surface area contributed by atoms with Crippen LogP contribution in [0.2, 0.25) is 5.32 Å². The zero-order valence-corrected chi connectivity index (χ0v) is 24.4. The van der Waals surface area contributed by atoms with Crippen molar-refractivity contribution in [2.75, 3.05) is 5.01 Å². The van der Waals surface area contributed by atoms with Gasteiger partial charge in [0.1, 0.15) is 0 Å². The summed E-state index contributed by atoms with van der Waals surface area (Å²) in [5.41, 5.74) is 1.62. The van der Waals surface area contributed by atoms with Gasteiger partial charge in [-0.1, -0.05) is 0 Å². The molecule has 0 spiro atoms. The molecule has 0 radical (unpaired) electrons. The normalized spacial score (nSPS) is 20.6. The van der Waals surface area contributed by atoms with E-state index in [4.69, 9.17) is 9.47 Å². The third-order valence-corrected chi connectivity index (χ3v) is 10.7. The van der Waals surface area contributed by atoms with Crippen LogP contribution in [-0.2, 0) is 14.3 Å². The Morgan fingerprint density at radius 3 is 1.90 bits per heavy atom. The van der Waals surface area contributed by atoms with E-state index in [0.717, 1.165) is 15.8 Å². The first-order valence-corrected chi connectivity index (χ1v) is 16.5. The second-order valence-electron chi connectivity index (χ2n) is 8.72. The van der Waals surface area contributed by atoms with Gasteiger partial charge in [0, 0.05) is 0 Å². The first-order valence-electron chi connectivity index (χ1n) is 12.6. The van der Waals surface area contributed by atoms with E-state index < -0.39 is 29.3 Å². The van der Waals surface area contributed by atoms with Crippen LogP contribution in [0, 0.1) is 0 Å². The Labute approximate surface area is 241 Å². The average Bonchev–Trinajstić information content (AvgIpc) is 3.27. The molecule has 1 heterocycles. The minimum absolute atomic E-state index is 0.128. The number of rotatable bonds is 10. The third kappa shape index (κ3) is 7.46. The van der Waals surface area contributed by atoms with E-state index in [1.807, 2.05) is 109 Å². The minimum atomic E-state index is -0.914. The summed E-state index contributed by atoms with van der Waals surface area (Å²) in [6, 6.07) is 39.4. The summed E-state index contributed by atoms with van der Waals surface area (Å²) < 4.78 is 14.5. The summed E-state index contributed by atoms with van der Waals surface area (Å²) >= 11 is -0.0254. The van der Waals surface area contributed by atoms with Crippen LogP contribution in [0.3, 0.4) is 0 Å².